The molecule has 0 radical (unpaired) electrons. The number of para-hydroxylation sites is 1. The first-order valence-electron chi connectivity index (χ1n) is 6.49. The third kappa shape index (κ3) is 5.80. The largest absolute Gasteiger partial charge is 0.483 e. The fourth-order valence-electron chi connectivity index (χ4n) is 1.76. The molecule has 7 heteroatoms. The highest BCUT2D eigenvalue weighted by molar-refractivity contribution is 5.95. The summed E-state index contributed by atoms with van der Waals surface area (Å²) in [4.78, 5) is 23.0. The Balaban J connectivity index is 2.54. The molecule has 2 amide bonds. The molecule has 0 fully saturated rings. The summed E-state index contributed by atoms with van der Waals surface area (Å²) in [6.07, 6.45) is 0.386. The number of nitrogens with two attached hydrogens (primary N) is 1. The zero-order chi connectivity index (χ0) is 15.7. The van der Waals surface area contributed by atoms with Crippen molar-refractivity contribution in [3.63, 3.8) is 0 Å². The van der Waals surface area contributed by atoms with Crippen LogP contribution in [-0.4, -0.2) is 49.9 Å². The summed E-state index contributed by atoms with van der Waals surface area (Å²) in [6.45, 7) is -0.0141. The van der Waals surface area contributed by atoms with Crippen molar-refractivity contribution in [1.29, 1.82) is 0 Å². The van der Waals surface area contributed by atoms with Crippen molar-refractivity contribution in [3.8, 4) is 5.75 Å². The second-order valence-corrected chi connectivity index (χ2v) is 4.38. The number of ether oxygens (including phenoxy) is 2. The van der Waals surface area contributed by atoms with E-state index in [9.17, 15) is 9.59 Å². The quantitative estimate of drug-likeness (QED) is 0.578. The van der Waals surface area contributed by atoms with Crippen molar-refractivity contribution < 1.29 is 24.2 Å². The van der Waals surface area contributed by atoms with Crippen LogP contribution in [0.15, 0.2) is 24.3 Å². The van der Waals surface area contributed by atoms with E-state index in [1.54, 1.807) is 18.2 Å². The second kappa shape index (κ2) is 8.93. The van der Waals surface area contributed by atoms with Gasteiger partial charge in [0.2, 0.25) is 0 Å². The van der Waals surface area contributed by atoms with Gasteiger partial charge in [-0.25, -0.2) is 0 Å². The number of methoxy groups -OCH3 is 1. The molecule has 4 N–H and O–H groups in total. The molecule has 7 nitrogen and oxygen atoms in total. The molecule has 0 aliphatic rings. The zero-order valence-electron chi connectivity index (χ0n) is 11.9. The molecule has 1 aromatic rings. The van der Waals surface area contributed by atoms with Crippen LogP contribution in [0.25, 0.3) is 0 Å². The lowest BCUT2D eigenvalue weighted by atomic mass is 10.2. The predicted octanol–water partition coefficient (Wildman–Crippen LogP) is -0.322. The molecular formula is C14H20N2O5. The Labute approximate surface area is 123 Å². The fourth-order valence-corrected chi connectivity index (χ4v) is 1.76. The lowest BCUT2D eigenvalue weighted by Gasteiger charge is -2.17. The number of aliphatic hydroxyl groups excluding tert-OH is 1. The van der Waals surface area contributed by atoms with Crippen LogP contribution < -0.4 is 15.8 Å². The van der Waals surface area contributed by atoms with Crippen molar-refractivity contribution in [2.45, 2.75) is 12.5 Å². The minimum absolute atomic E-state index is 0.0559. The molecule has 21 heavy (non-hydrogen) atoms. The van der Waals surface area contributed by atoms with E-state index < -0.39 is 5.91 Å². The van der Waals surface area contributed by atoms with Crippen molar-refractivity contribution in [2.75, 3.05) is 26.9 Å². The number of aliphatic hydroxyl groups is 1. The van der Waals surface area contributed by atoms with E-state index in [1.807, 2.05) is 0 Å². The molecule has 0 aliphatic heterocycles. The molecule has 1 rings (SSSR count). The second-order valence-electron chi connectivity index (χ2n) is 4.38. The highest BCUT2D eigenvalue weighted by Crippen LogP contribution is 2.16. The number of carbonyl (C=O) groups is 2. The van der Waals surface area contributed by atoms with Crippen LogP contribution in [0.2, 0.25) is 0 Å². The highest BCUT2D eigenvalue weighted by Gasteiger charge is 2.14. The van der Waals surface area contributed by atoms with Crippen molar-refractivity contribution in [2.24, 2.45) is 5.73 Å². The Morgan fingerprint density at radius 1 is 1.38 bits per heavy atom. The maximum Gasteiger partial charge on any atom is 0.258 e. The fraction of sp³-hybridized carbons (Fsp3) is 0.429. The summed E-state index contributed by atoms with van der Waals surface area (Å²) in [5.41, 5.74) is 5.43. The van der Waals surface area contributed by atoms with Gasteiger partial charge < -0.3 is 25.6 Å². The van der Waals surface area contributed by atoms with Gasteiger partial charge in [-0.1, -0.05) is 12.1 Å². The molecule has 1 atom stereocenters. The van der Waals surface area contributed by atoms with Gasteiger partial charge >= 0.3 is 0 Å². The van der Waals surface area contributed by atoms with Crippen molar-refractivity contribution >= 4 is 11.8 Å². The summed E-state index contributed by atoms with van der Waals surface area (Å²) in [7, 11) is 1.51. The number of hydrogen-bond donors (Lipinski definition) is 3. The Kier molecular flexibility index (Phi) is 7.20. The highest BCUT2D eigenvalue weighted by atomic mass is 16.5. The summed E-state index contributed by atoms with van der Waals surface area (Å²) in [5, 5.41) is 11.6. The van der Waals surface area contributed by atoms with Gasteiger partial charge in [0.05, 0.1) is 18.2 Å². The Morgan fingerprint density at radius 3 is 2.71 bits per heavy atom. The van der Waals surface area contributed by atoms with Gasteiger partial charge in [-0.15, -0.1) is 0 Å². The number of primary amides is 1. The lowest BCUT2D eigenvalue weighted by molar-refractivity contribution is -0.124. The first-order chi connectivity index (χ1) is 10.1. The molecule has 0 saturated carbocycles. The summed E-state index contributed by atoms with van der Waals surface area (Å²) < 4.78 is 10.2. The predicted molar refractivity (Wildman–Crippen MR) is 76.0 cm³/mol. The average Bonchev–Trinajstić information content (AvgIpc) is 2.46. The van der Waals surface area contributed by atoms with Gasteiger partial charge in [0.25, 0.3) is 11.8 Å². The van der Waals surface area contributed by atoms with E-state index in [4.69, 9.17) is 20.3 Å². The summed E-state index contributed by atoms with van der Waals surface area (Å²) >= 11 is 0. The van der Waals surface area contributed by atoms with Gasteiger partial charge in [0.1, 0.15) is 5.75 Å². The summed E-state index contributed by atoms with van der Waals surface area (Å²) in [6, 6.07) is 6.13. The number of nitrogens with one attached hydrogen (secondary N) is 1. The first-order valence-corrected chi connectivity index (χ1v) is 6.49. The third-order valence-electron chi connectivity index (χ3n) is 2.72. The van der Waals surface area contributed by atoms with Gasteiger partial charge in [0.15, 0.2) is 6.61 Å². The normalized spacial score (nSPS) is 11.7. The third-order valence-corrected chi connectivity index (χ3v) is 2.72. The Bertz CT molecular complexity index is 472. The van der Waals surface area contributed by atoms with E-state index in [2.05, 4.69) is 5.32 Å². The monoisotopic (exact) mass is 296 g/mol. The van der Waals surface area contributed by atoms with Crippen LogP contribution in [0.3, 0.4) is 0 Å². The molecule has 0 saturated heterocycles. The Morgan fingerprint density at radius 2 is 2.10 bits per heavy atom. The van der Waals surface area contributed by atoms with Crippen LogP contribution in [0.5, 0.6) is 5.75 Å². The van der Waals surface area contributed by atoms with Gasteiger partial charge in [-0.3, -0.25) is 9.59 Å². The molecule has 0 aliphatic carbocycles. The first kappa shape index (κ1) is 16.9. The average molecular weight is 296 g/mol. The van der Waals surface area contributed by atoms with Crippen LogP contribution in [0, 0.1) is 0 Å². The molecule has 0 bridgehead atoms. The molecule has 0 aromatic heterocycles. The topological polar surface area (TPSA) is 111 Å². The molecule has 1 aromatic carbocycles. The maximum atomic E-state index is 11.8. The number of benzene rings is 1. The van der Waals surface area contributed by atoms with Gasteiger partial charge in [-0.05, 0) is 18.6 Å². The van der Waals surface area contributed by atoms with E-state index >= 15 is 0 Å². The minimum atomic E-state index is -0.622. The van der Waals surface area contributed by atoms with Crippen LogP contribution in [0.4, 0.5) is 0 Å². The van der Waals surface area contributed by atoms with Crippen LogP contribution >= 0.6 is 0 Å². The van der Waals surface area contributed by atoms with E-state index in [0.717, 1.165) is 0 Å². The molecule has 116 valence electrons. The van der Waals surface area contributed by atoms with Crippen LogP contribution in [-0.2, 0) is 9.53 Å². The number of rotatable bonds is 9. The number of amides is 2. The molecular weight excluding hydrogens is 276 g/mol. The lowest BCUT2D eigenvalue weighted by Crippen LogP contribution is -2.41. The standard InChI is InChI=1S/C14H20N2O5/c1-20-8-10(6-7-17)16-13(18)9-21-12-5-3-2-4-11(12)14(15)19/h2-5,10,17H,6-9H2,1H3,(H2,15,19)(H,16,18). The van der Waals surface area contributed by atoms with E-state index in [-0.39, 0.29) is 36.5 Å². The zero-order valence-corrected chi connectivity index (χ0v) is 11.9. The Hall–Kier alpha value is -2.12. The van der Waals surface area contributed by atoms with Crippen molar-refractivity contribution in [1.82, 2.24) is 5.32 Å². The summed E-state index contributed by atoms with van der Waals surface area (Å²) in [5.74, 6) is -0.737. The minimum Gasteiger partial charge on any atom is -0.483 e. The number of carbonyl (C=O) groups excluding carboxylic acids is 2. The van der Waals surface area contributed by atoms with Crippen molar-refractivity contribution in [3.05, 3.63) is 29.8 Å². The number of hydrogen-bond acceptors (Lipinski definition) is 5. The SMILES string of the molecule is COCC(CCO)NC(=O)COc1ccccc1C(N)=O. The molecule has 1 unspecified atom stereocenters. The maximum absolute atomic E-state index is 11.8. The van der Waals surface area contributed by atoms with Gasteiger partial charge in [0, 0.05) is 13.7 Å². The molecule has 0 heterocycles. The van der Waals surface area contributed by atoms with E-state index in [0.29, 0.717) is 13.0 Å². The van der Waals surface area contributed by atoms with Gasteiger partial charge in [-0.2, -0.15) is 0 Å². The van der Waals surface area contributed by atoms with Crippen LogP contribution in [0.1, 0.15) is 16.8 Å². The molecule has 0 spiro atoms. The van der Waals surface area contributed by atoms with E-state index in [1.165, 1.54) is 13.2 Å². The smallest absolute Gasteiger partial charge is 0.258 e.